The first-order valence-electron chi connectivity index (χ1n) is 10.4. The number of hydrogen-bond acceptors (Lipinski definition) is 3. The lowest BCUT2D eigenvalue weighted by molar-refractivity contribution is -0.117. The summed E-state index contributed by atoms with van der Waals surface area (Å²) in [5.41, 5.74) is 7.80. The summed E-state index contributed by atoms with van der Waals surface area (Å²) in [6.07, 6.45) is 6.65. The molecule has 4 fully saturated rings. The van der Waals surface area contributed by atoms with Gasteiger partial charge in [-0.05, 0) is 43.5 Å². The molecule has 2 aliphatic carbocycles. The quantitative estimate of drug-likeness (QED) is 0.385. The second-order valence-electron chi connectivity index (χ2n) is 8.57. The third kappa shape index (κ3) is 3.28. The van der Waals surface area contributed by atoms with Gasteiger partial charge in [0.05, 0.1) is 12.1 Å². The van der Waals surface area contributed by atoms with Gasteiger partial charge in [-0.3, -0.25) is 0 Å². The number of nitrogens with two attached hydrogens (primary N) is 1. The third-order valence-corrected chi connectivity index (χ3v) is 7.30. The average Bonchev–Trinajstić information content (AvgIpc) is 3.36. The van der Waals surface area contributed by atoms with E-state index in [1.807, 2.05) is 12.1 Å². The summed E-state index contributed by atoms with van der Waals surface area (Å²) in [7, 11) is 0. The van der Waals surface area contributed by atoms with Crippen LogP contribution in [0.1, 0.15) is 32.1 Å². The Bertz CT molecular complexity index is 714. The van der Waals surface area contributed by atoms with Gasteiger partial charge in [-0.15, -0.1) is 24.0 Å². The first-order valence-corrected chi connectivity index (χ1v) is 10.4. The number of fused-ring (bicyclic) bond motifs is 2. The van der Waals surface area contributed by atoms with Crippen LogP contribution in [0.4, 0.5) is 10.1 Å². The van der Waals surface area contributed by atoms with Gasteiger partial charge in [-0.25, -0.2) is 9.38 Å². The zero-order valence-corrected chi connectivity index (χ0v) is 18.6. The van der Waals surface area contributed by atoms with Crippen LogP contribution in [-0.4, -0.2) is 55.8 Å². The fourth-order valence-electron chi connectivity index (χ4n) is 5.91. The molecule has 28 heavy (non-hydrogen) atoms. The Morgan fingerprint density at radius 3 is 2.46 bits per heavy atom. The molecule has 2 aliphatic heterocycles. The summed E-state index contributed by atoms with van der Waals surface area (Å²) in [5.74, 6) is 1.09. The van der Waals surface area contributed by atoms with Gasteiger partial charge < -0.3 is 20.3 Å². The highest BCUT2D eigenvalue weighted by Gasteiger charge is 2.65. The summed E-state index contributed by atoms with van der Waals surface area (Å²) >= 11 is 0. The second-order valence-corrected chi connectivity index (χ2v) is 8.57. The number of ether oxygens (including phenoxy) is 1. The number of rotatable bonds is 2. The SMILES string of the molecule is I.NC(=NC1C2CCOC2C12CCCC2)N1CCN(c2ccc(F)cc2)CC1. The van der Waals surface area contributed by atoms with Gasteiger partial charge in [0.25, 0.3) is 0 Å². The Hall–Kier alpha value is -1.09. The maximum atomic E-state index is 13.1. The predicted octanol–water partition coefficient (Wildman–Crippen LogP) is 3.23. The maximum absolute atomic E-state index is 13.1. The molecule has 2 saturated carbocycles. The monoisotopic (exact) mass is 500 g/mol. The molecule has 2 saturated heterocycles. The highest BCUT2D eigenvalue weighted by molar-refractivity contribution is 14.0. The van der Waals surface area contributed by atoms with Gasteiger partial charge in [-0.2, -0.15) is 0 Å². The molecule has 2 heterocycles. The van der Waals surface area contributed by atoms with Crippen molar-refractivity contribution < 1.29 is 9.13 Å². The summed E-state index contributed by atoms with van der Waals surface area (Å²) in [4.78, 5) is 9.56. The first kappa shape index (κ1) is 20.2. The van der Waals surface area contributed by atoms with Crippen molar-refractivity contribution >= 4 is 35.6 Å². The van der Waals surface area contributed by atoms with Gasteiger partial charge >= 0.3 is 0 Å². The van der Waals surface area contributed by atoms with Crippen molar-refractivity contribution in [3.05, 3.63) is 30.1 Å². The second kappa shape index (κ2) is 7.97. The Kier molecular flexibility index (Phi) is 5.75. The molecule has 7 heteroatoms. The van der Waals surface area contributed by atoms with E-state index in [-0.39, 0.29) is 35.2 Å². The molecule has 5 nitrogen and oxygen atoms in total. The van der Waals surface area contributed by atoms with E-state index in [1.54, 1.807) is 0 Å². The summed E-state index contributed by atoms with van der Waals surface area (Å²) in [6, 6.07) is 7.09. The van der Waals surface area contributed by atoms with Crippen LogP contribution in [0.15, 0.2) is 29.3 Å². The van der Waals surface area contributed by atoms with E-state index in [2.05, 4.69) is 9.80 Å². The highest BCUT2D eigenvalue weighted by Crippen LogP contribution is 2.62. The fourth-order valence-corrected chi connectivity index (χ4v) is 5.91. The lowest BCUT2D eigenvalue weighted by Crippen LogP contribution is -2.62. The number of anilines is 1. The molecule has 0 aromatic heterocycles. The van der Waals surface area contributed by atoms with Gasteiger partial charge in [0.1, 0.15) is 5.82 Å². The average molecular weight is 500 g/mol. The standard InChI is InChI=1S/C21H29FN4O.HI/c22-15-3-5-16(6-4-15)25-10-12-26(13-11-25)20(23)24-18-17-7-14-27-19(17)21(18)8-1-2-9-21;/h3-6,17-19H,1-2,7-14H2,(H2,23,24);1H. The number of nitrogens with zero attached hydrogens (tertiary/aromatic N) is 3. The number of guanidine groups is 1. The van der Waals surface area contributed by atoms with Gasteiger partial charge in [0.15, 0.2) is 5.96 Å². The van der Waals surface area contributed by atoms with Crippen LogP contribution < -0.4 is 10.6 Å². The van der Waals surface area contributed by atoms with Crippen LogP contribution in [0.25, 0.3) is 0 Å². The first-order chi connectivity index (χ1) is 13.2. The van der Waals surface area contributed by atoms with Crippen LogP contribution in [0.5, 0.6) is 0 Å². The minimum absolute atomic E-state index is 0. The number of benzene rings is 1. The normalized spacial score (nSPS) is 31.5. The minimum atomic E-state index is -0.190. The summed E-state index contributed by atoms with van der Waals surface area (Å²) in [5, 5.41) is 0. The van der Waals surface area contributed by atoms with Crippen molar-refractivity contribution in [2.45, 2.75) is 44.2 Å². The molecule has 1 spiro atoms. The third-order valence-electron chi connectivity index (χ3n) is 7.30. The topological polar surface area (TPSA) is 54.1 Å². The molecule has 1 aromatic rings. The fraction of sp³-hybridized carbons (Fsp3) is 0.667. The van der Waals surface area contributed by atoms with Crippen molar-refractivity contribution in [1.29, 1.82) is 0 Å². The number of hydrogen-bond donors (Lipinski definition) is 1. The molecular weight excluding hydrogens is 470 g/mol. The van der Waals surface area contributed by atoms with Crippen molar-refractivity contribution in [3.63, 3.8) is 0 Å². The zero-order valence-electron chi connectivity index (χ0n) is 16.2. The molecular formula is C21H30FIN4O. The Morgan fingerprint density at radius 2 is 1.79 bits per heavy atom. The molecule has 3 atom stereocenters. The highest BCUT2D eigenvalue weighted by atomic mass is 127. The minimum Gasteiger partial charge on any atom is -0.377 e. The zero-order chi connectivity index (χ0) is 18.4. The molecule has 5 rings (SSSR count). The van der Waals surface area contributed by atoms with Crippen LogP contribution in [0.2, 0.25) is 0 Å². The number of halogens is 2. The van der Waals surface area contributed by atoms with Crippen molar-refractivity contribution in [1.82, 2.24) is 4.90 Å². The van der Waals surface area contributed by atoms with Crippen LogP contribution in [0.3, 0.4) is 0 Å². The lowest BCUT2D eigenvalue weighted by Gasteiger charge is -2.55. The maximum Gasteiger partial charge on any atom is 0.191 e. The van der Waals surface area contributed by atoms with Crippen LogP contribution in [0, 0.1) is 17.2 Å². The molecule has 2 N–H and O–H groups in total. The Morgan fingerprint density at radius 1 is 1.11 bits per heavy atom. The van der Waals surface area contributed by atoms with E-state index in [0.29, 0.717) is 24.0 Å². The van der Waals surface area contributed by atoms with E-state index in [0.717, 1.165) is 44.9 Å². The van der Waals surface area contributed by atoms with E-state index in [4.69, 9.17) is 15.5 Å². The molecule has 3 unspecified atom stereocenters. The number of piperazine rings is 1. The molecule has 154 valence electrons. The van der Waals surface area contributed by atoms with E-state index < -0.39 is 0 Å². The van der Waals surface area contributed by atoms with Crippen molar-refractivity contribution in [2.75, 3.05) is 37.7 Å². The van der Waals surface area contributed by atoms with E-state index in [9.17, 15) is 4.39 Å². The largest absolute Gasteiger partial charge is 0.377 e. The van der Waals surface area contributed by atoms with Crippen LogP contribution >= 0.6 is 24.0 Å². The summed E-state index contributed by atoms with van der Waals surface area (Å²) in [6.45, 7) is 4.37. The Balaban J connectivity index is 0.00000192. The van der Waals surface area contributed by atoms with Crippen molar-refractivity contribution in [3.8, 4) is 0 Å². The van der Waals surface area contributed by atoms with Crippen LogP contribution in [-0.2, 0) is 4.74 Å². The molecule has 1 aromatic carbocycles. The molecule has 4 aliphatic rings. The Labute approximate surface area is 183 Å². The lowest BCUT2D eigenvalue weighted by atomic mass is 9.54. The summed E-state index contributed by atoms with van der Waals surface area (Å²) < 4.78 is 19.2. The van der Waals surface area contributed by atoms with E-state index >= 15 is 0 Å². The predicted molar refractivity (Wildman–Crippen MR) is 120 cm³/mol. The molecule has 0 bridgehead atoms. The van der Waals surface area contributed by atoms with Gasteiger partial charge in [0.2, 0.25) is 0 Å². The van der Waals surface area contributed by atoms with E-state index in [1.165, 1.54) is 37.8 Å². The number of aliphatic imine (C=N–C) groups is 1. The smallest absolute Gasteiger partial charge is 0.191 e. The molecule has 0 radical (unpaired) electrons. The van der Waals surface area contributed by atoms with Crippen molar-refractivity contribution in [2.24, 2.45) is 22.1 Å². The van der Waals surface area contributed by atoms with Gasteiger partial charge in [0, 0.05) is 49.8 Å². The molecule has 0 amide bonds. The van der Waals surface area contributed by atoms with Gasteiger partial charge in [-0.1, -0.05) is 12.8 Å².